The molecule has 1 aromatic carbocycles. The Morgan fingerprint density at radius 1 is 1.35 bits per heavy atom. The monoisotopic (exact) mass is 269 g/mol. The SMILES string of the molecule is CN(CC(=O)Nc1ccc(C#N)cc1)Cc1ccoc1. The number of benzene rings is 1. The van der Waals surface area contributed by atoms with E-state index in [2.05, 4.69) is 5.32 Å². The lowest BCUT2D eigenvalue weighted by Crippen LogP contribution is -2.29. The van der Waals surface area contributed by atoms with Crippen LogP contribution in [0, 0.1) is 11.3 Å². The third-order valence-electron chi connectivity index (χ3n) is 2.74. The molecule has 0 saturated heterocycles. The first kappa shape index (κ1) is 13.8. The number of hydrogen-bond acceptors (Lipinski definition) is 4. The number of nitriles is 1. The van der Waals surface area contributed by atoms with Crippen molar-refractivity contribution in [3.63, 3.8) is 0 Å². The van der Waals surface area contributed by atoms with E-state index in [9.17, 15) is 4.79 Å². The number of likely N-dealkylation sites (N-methyl/N-ethyl adjacent to an activating group) is 1. The Labute approximate surface area is 117 Å². The minimum atomic E-state index is -0.0966. The van der Waals surface area contributed by atoms with Crippen molar-refractivity contribution in [1.29, 1.82) is 5.26 Å². The summed E-state index contributed by atoms with van der Waals surface area (Å²) in [4.78, 5) is 13.8. The van der Waals surface area contributed by atoms with Gasteiger partial charge in [0.1, 0.15) is 0 Å². The number of carbonyl (C=O) groups excluding carboxylic acids is 1. The Bertz CT molecular complexity index is 597. The van der Waals surface area contributed by atoms with Gasteiger partial charge in [0.05, 0.1) is 30.7 Å². The molecule has 20 heavy (non-hydrogen) atoms. The van der Waals surface area contributed by atoms with Gasteiger partial charge >= 0.3 is 0 Å². The molecule has 0 saturated carbocycles. The maximum atomic E-state index is 11.9. The number of hydrogen-bond donors (Lipinski definition) is 1. The summed E-state index contributed by atoms with van der Waals surface area (Å²) < 4.78 is 4.98. The van der Waals surface area contributed by atoms with Gasteiger partial charge in [-0.05, 0) is 37.4 Å². The van der Waals surface area contributed by atoms with E-state index in [0.29, 0.717) is 17.8 Å². The molecule has 0 radical (unpaired) electrons. The average Bonchev–Trinajstić information content (AvgIpc) is 2.92. The highest BCUT2D eigenvalue weighted by atomic mass is 16.3. The molecule has 5 nitrogen and oxygen atoms in total. The van der Waals surface area contributed by atoms with Gasteiger partial charge in [-0.25, -0.2) is 0 Å². The minimum absolute atomic E-state index is 0.0966. The number of carbonyl (C=O) groups is 1. The van der Waals surface area contributed by atoms with Crippen LogP contribution in [0.4, 0.5) is 5.69 Å². The van der Waals surface area contributed by atoms with Crippen LogP contribution < -0.4 is 5.32 Å². The largest absolute Gasteiger partial charge is 0.472 e. The number of amides is 1. The van der Waals surface area contributed by atoms with Crippen molar-refractivity contribution in [2.45, 2.75) is 6.54 Å². The molecular weight excluding hydrogens is 254 g/mol. The van der Waals surface area contributed by atoms with E-state index in [1.165, 1.54) is 0 Å². The first-order chi connectivity index (χ1) is 9.67. The van der Waals surface area contributed by atoms with E-state index < -0.39 is 0 Å². The highest BCUT2D eigenvalue weighted by molar-refractivity contribution is 5.92. The summed E-state index contributed by atoms with van der Waals surface area (Å²) in [6, 6.07) is 10.7. The molecule has 1 N–H and O–H groups in total. The number of nitrogens with zero attached hydrogens (tertiary/aromatic N) is 2. The highest BCUT2D eigenvalue weighted by Gasteiger charge is 2.08. The zero-order chi connectivity index (χ0) is 14.4. The lowest BCUT2D eigenvalue weighted by atomic mass is 10.2. The molecule has 1 aromatic heterocycles. The van der Waals surface area contributed by atoms with Crippen molar-refractivity contribution in [3.8, 4) is 6.07 Å². The van der Waals surface area contributed by atoms with Crippen LogP contribution in [0.2, 0.25) is 0 Å². The number of nitrogens with one attached hydrogen (secondary N) is 1. The third kappa shape index (κ3) is 3.97. The number of furan rings is 1. The summed E-state index contributed by atoms with van der Waals surface area (Å²) in [5.41, 5.74) is 2.28. The van der Waals surface area contributed by atoms with Crippen molar-refractivity contribution < 1.29 is 9.21 Å². The first-order valence-corrected chi connectivity index (χ1v) is 6.17. The maximum Gasteiger partial charge on any atom is 0.238 e. The Hall–Kier alpha value is -2.58. The third-order valence-corrected chi connectivity index (χ3v) is 2.74. The summed E-state index contributed by atoms with van der Waals surface area (Å²) in [5, 5.41) is 11.5. The van der Waals surface area contributed by atoms with Gasteiger partial charge < -0.3 is 9.73 Å². The van der Waals surface area contributed by atoms with E-state index in [1.54, 1.807) is 36.8 Å². The normalized spacial score (nSPS) is 10.2. The first-order valence-electron chi connectivity index (χ1n) is 6.17. The molecule has 102 valence electrons. The fourth-order valence-corrected chi connectivity index (χ4v) is 1.82. The van der Waals surface area contributed by atoms with Gasteiger partial charge in [-0.2, -0.15) is 5.26 Å². The predicted octanol–water partition coefficient (Wildman–Crippen LogP) is 2.22. The van der Waals surface area contributed by atoms with Crippen LogP contribution in [0.5, 0.6) is 0 Å². The van der Waals surface area contributed by atoms with Gasteiger partial charge in [0.2, 0.25) is 5.91 Å². The summed E-state index contributed by atoms with van der Waals surface area (Å²) in [7, 11) is 1.87. The Morgan fingerprint density at radius 2 is 2.10 bits per heavy atom. The molecule has 0 fully saturated rings. The minimum Gasteiger partial charge on any atom is -0.472 e. The second-order valence-electron chi connectivity index (χ2n) is 4.54. The zero-order valence-electron chi connectivity index (χ0n) is 11.2. The van der Waals surface area contributed by atoms with Crippen molar-refractivity contribution in [2.75, 3.05) is 18.9 Å². The van der Waals surface area contributed by atoms with E-state index in [0.717, 1.165) is 5.56 Å². The van der Waals surface area contributed by atoms with Gasteiger partial charge in [0.25, 0.3) is 0 Å². The van der Waals surface area contributed by atoms with Gasteiger partial charge in [0.15, 0.2) is 0 Å². The molecule has 0 spiro atoms. The van der Waals surface area contributed by atoms with Crippen molar-refractivity contribution in [1.82, 2.24) is 4.90 Å². The fourth-order valence-electron chi connectivity index (χ4n) is 1.82. The van der Waals surface area contributed by atoms with E-state index in [4.69, 9.17) is 9.68 Å². The quantitative estimate of drug-likeness (QED) is 0.903. The van der Waals surface area contributed by atoms with Crippen LogP contribution in [0.3, 0.4) is 0 Å². The lowest BCUT2D eigenvalue weighted by Gasteiger charge is -2.15. The molecule has 2 aromatic rings. The average molecular weight is 269 g/mol. The van der Waals surface area contributed by atoms with Gasteiger partial charge in [-0.15, -0.1) is 0 Å². The smallest absolute Gasteiger partial charge is 0.238 e. The second-order valence-corrected chi connectivity index (χ2v) is 4.54. The fraction of sp³-hybridized carbons (Fsp3) is 0.200. The van der Waals surface area contributed by atoms with Gasteiger partial charge in [-0.3, -0.25) is 9.69 Å². The molecule has 0 aliphatic carbocycles. The standard InChI is InChI=1S/C15H15N3O2/c1-18(9-13-6-7-20-11-13)10-15(19)17-14-4-2-12(8-16)3-5-14/h2-7,11H,9-10H2,1H3,(H,17,19). The van der Waals surface area contributed by atoms with Crippen LogP contribution in [0.1, 0.15) is 11.1 Å². The Kier molecular flexibility index (Phi) is 4.53. The second kappa shape index (κ2) is 6.55. The molecule has 0 aliphatic heterocycles. The molecule has 0 unspecified atom stereocenters. The van der Waals surface area contributed by atoms with Gasteiger partial charge in [-0.1, -0.05) is 0 Å². The van der Waals surface area contributed by atoms with Crippen LogP contribution in [0.25, 0.3) is 0 Å². The van der Waals surface area contributed by atoms with Crippen LogP contribution >= 0.6 is 0 Å². The molecule has 1 amide bonds. The van der Waals surface area contributed by atoms with Crippen molar-refractivity contribution in [3.05, 3.63) is 54.0 Å². The summed E-state index contributed by atoms with van der Waals surface area (Å²) >= 11 is 0. The van der Waals surface area contributed by atoms with E-state index >= 15 is 0 Å². The lowest BCUT2D eigenvalue weighted by molar-refractivity contribution is -0.117. The van der Waals surface area contributed by atoms with E-state index in [-0.39, 0.29) is 12.5 Å². The van der Waals surface area contributed by atoms with Gasteiger partial charge in [0, 0.05) is 17.8 Å². The molecule has 0 atom stereocenters. The van der Waals surface area contributed by atoms with Crippen molar-refractivity contribution in [2.24, 2.45) is 0 Å². The van der Waals surface area contributed by atoms with E-state index in [1.807, 2.05) is 24.1 Å². The number of rotatable bonds is 5. The molecule has 5 heteroatoms. The van der Waals surface area contributed by atoms with Crippen LogP contribution in [-0.2, 0) is 11.3 Å². The van der Waals surface area contributed by atoms with Crippen LogP contribution in [-0.4, -0.2) is 24.4 Å². The highest BCUT2D eigenvalue weighted by Crippen LogP contribution is 2.09. The maximum absolute atomic E-state index is 11.9. The van der Waals surface area contributed by atoms with Crippen LogP contribution in [0.15, 0.2) is 47.3 Å². The molecule has 0 bridgehead atoms. The topological polar surface area (TPSA) is 69.3 Å². The summed E-state index contributed by atoms with van der Waals surface area (Å²) in [5.74, 6) is -0.0966. The molecular formula is C15H15N3O2. The molecule has 2 rings (SSSR count). The van der Waals surface area contributed by atoms with Crippen molar-refractivity contribution >= 4 is 11.6 Å². The number of anilines is 1. The Balaban J connectivity index is 1.83. The summed E-state index contributed by atoms with van der Waals surface area (Å²) in [6.45, 7) is 0.933. The molecule has 0 aliphatic rings. The molecule has 1 heterocycles. The summed E-state index contributed by atoms with van der Waals surface area (Å²) in [6.07, 6.45) is 3.27. The Morgan fingerprint density at radius 3 is 2.70 bits per heavy atom. The zero-order valence-corrected chi connectivity index (χ0v) is 11.2. The predicted molar refractivity (Wildman–Crippen MR) is 74.8 cm³/mol.